The van der Waals surface area contributed by atoms with Crippen molar-refractivity contribution in [3.8, 4) is 11.1 Å². The molecule has 0 unspecified atom stereocenters. The number of rotatable bonds is 32. The molecule has 0 bridgehead atoms. The maximum atomic E-state index is 13.3. The first kappa shape index (κ1) is 111. The number of unbranched alkanes of at least 4 members (excludes halogenated alkanes) is 3. The fourth-order valence-corrected chi connectivity index (χ4v) is 15.4. The summed E-state index contributed by atoms with van der Waals surface area (Å²) in [6.07, 6.45) is 21.0. The Hall–Kier alpha value is -9.67. The monoisotopic (exact) mass is 1940 g/mol. The molecule has 9 atom stereocenters. The second-order valence-electron chi connectivity index (χ2n) is 33.1. The van der Waals surface area contributed by atoms with Gasteiger partial charge in [-0.1, -0.05) is 72.2 Å². The number of carboxylic acids is 2. The van der Waals surface area contributed by atoms with Crippen LogP contribution >= 0.6 is 60.2 Å². The number of likely N-dealkylation sites (tertiary alicyclic amines) is 2. The molecule has 0 spiro atoms. The van der Waals surface area contributed by atoms with Gasteiger partial charge in [0.1, 0.15) is 72.6 Å². The molecule has 3 saturated heterocycles. The summed E-state index contributed by atoms with van der Waals surface area (Å²) in [5.41, 5.74) is 9.74. The highest BCUT2D eigenvalue weighted by molar-refractivity contribution is 9.11. The van der Waals surface area contributed by atoms with Gasteiger partial charge in [-0.2, -0.15) is 0 Å². The van der Waals surface area contributed by atoms with Crippen LogP contribution in [-0.2, 0) is 54.3 Å². The molecule has 5 aromatic rings. The van der Waals surface area contributed by atoms with Gasteiger partial charge in [0, 0.05) is 109 Å². The molecule has 6 fully saturated rings. The van der Waals surface area contributed by atoms with Crippen molar-refractivity contribution in [2.75, 3.05) is 47.4 Å². The van der Waals surface area contributed by atoms with Gasteiger partial charge >= 0.3 is 24.1 Å². The number of hydrogen-bond acceptors (Lipinski definition) is 21. The molecule has 1 aromatic carbocycles. The van der Waals surface area contributed by atoms with Crippen LogP contribution in [0.4, 0.5) is 32.7 Å². The Morgan fingerprint density at radius 3 is 1.41 bits per heavy atom. The number of benzene rings is 1. The van der Waals surface area contributed by atoms with E-state index in [1.165, 1.54) is 6.92 Å². The molecule has 34 heteroatoms. The number of allylic oxidation sites excluding steroid dienone is 4. The lowest BCUT2D eigenvalue weighted by atomic mass is 9.93. The number of fused-ring (bicyclic) bond motifs is 3. The molecule has 3 aliphatic carbocycles. The Morgan fingerprint density at radius 2 is 0.992 bits per heavy atom. The predicted molar refractivity (Wildman–Crippen MR) is 506 cm³/mol. The average molecular weight is 1950 g/mol. The zero-order valence-electron chi connectivity index (χ0n) is 70.8. The topological polar surface area (TPSA) is 435 Å². The fourth-order valence-electron chi connectivity index (χ4n) is 14.4. The van der Waals surface area contributed by atoms with E-state index in [9.17, 15) is 47.9 Å². The number of nitrogens with zero attached hydrogens (tertiary/aromatic N) is 7. The lowest BCUT2D eigenvalue weighted by Gasteiger charge is -2.29. The SMILES string of the molecule is C.C.C.C.C=CCCCC(=O)NC[C@@]12C[C@@H](C(=O)Nc3nc(Br)ccc3C)N(C(=O)OC(C)(C)C)[C@@H]1C2.C=CCCCC(=O)NC[C@@]12C[C@@H](C(=O)Nc3nc(Br)ccc3C)N[C@@H]1C2.C=CCCCC(=O)O.C=CCCc1cc(-c2cnc(C)nc2)cc(C(=N)C(C)=O)c1NCC(=O)O.Cc1ccc(Br)nc1NC(=O)[C@@H]1C[C@@]2(CN)C[C@H]2N1C(=O)OC(C)(C)C.Cl. The highest BCUT2D eigenvalue weighted by Gasteiger charge is 2.69. The lowest BCUT2D eigenvalue weighted by molar-refractivity contribution is -0.137. The molecular formula is C91H132Br3ClN16O14. The van der Waals surface area contributed by atoms with Gasteiger partial charge in [-0.3, -0.25) is 53.6 Å². The molecule has 3 saturated carbocycles. The van der Waals surface area contributed by atoms with E-state index in [4.69, 9.17) is 30.8 Å². The molecule has 688 valence electrons. The quantitative estimate of drug-likeness (QED) is 0.00824. The second-order valence-corrected chi connectivity index (χ2v) is 35.5. The Labute approximate surface area is 769 Å². The maximum Gasteiger partial charge on any atom is 0.411 e. The minimum absolute atomic E-state index is 0. The van der Waals surface area contributed by atoms with Crippen molar-refractivity contribution in [1.29, 1.82) is 5.41 Å². The molecule has 7 heterocycles. The molecule has 7 amide bonds. The molecule has 30 nitrogen and oxygen atoms in total. The summed E-state index contributed by atoms with van der Waals surface area (Å²) >= 11 is 9.97. The highest BCUT2D eigenvalue weighted by atomic mass is 79.9. The van der Waals surface area contributed by atoms with E-state index in [1.54, 1.807) is 80.2 Å². The number of aliphatic carboxylic acids is 2. The summed E-state index contributed by atoms with van der Waals surface area (Å²) in [7, 11) is 0. The number of aryl methyl sites for hydroxylation is 5. The number of anilines is 4. The number of nitrogens with two attached hydrogens (primary N) is 1. The number of ether oxygens (including phenoxy) is 2. The standard InChI is InChI=1S/C24H33BrN4O4.C20H22N4O3.C19H25BrN4O2.C18H25BrN4O3.C6H10O2.4CH4.ClH/c1-6-7-8-9-19(30)26-14-24-12-16(21(31)28-20-15(2)10-11-18(25)27-20)29(17(24)13-24)22(32)33-23(3,4)5;1-4-5-6-14-7-15(16-9-22-13(3)23-10-16)8-17(19(21)12(2)25)20(14)24-11-18(26)27;1-3-4-5-6-16(25)21-11-19-9-13(22-14(19)10-19)18(26)24-17-12(2)7-8-15(20)23-17;1-10-5-6-13(19)21-14(10)22-15(24)11-7-18(9-20)8-12(18)23(11)16(25)26-17(2,3)4;1-2-3-4-5-6(7)8;;;;;/h6,10-11,16-17H,1,7-9,12-14H2,2-5H3,(H,26,30)(H,27,28,31);4,7-10,21,24H,1,5-6,11H2,2-3H3,(H,26,27);3,7-8,13-14,22H,1,4-6,9-11H2,2H3,(H,21,25)(H,23,24,26);5-6,11-12H,7-9,20H2,1-4H3,(H,21,22,24);2H,1,3-5H2,(H,7,8);4*1H4;1H/t16-,17+,24-;;13-,14+,19-;11-,12+,18-;;;;;;/m0.00....../s1. The summed E-state index contributed by atoms with van der Waals surface area (Å²) in [6, 6.07) is 13.3. The number of piperidine rings is 3. The van der Waals surface area contributed by atoms with Crippen LogP contribution in [0.5, 0.6) is 0 Å². The first-order valence-electron chi connectivity index (χ1n) is 40.1. The van der Waals surface area contributed by atoms with Crippen LogP contribution in [-0.4, -0.2) is 184 Å². The largest absolute Gasteiger partial charge is 0.481 e. The van der Waals surface area contributed by atoms with Crippen LogP contribution in [0, 0.1) is 49.3 Å². The Kier molecular flexibility index (Phi) is 44.6. The molecule has 6 aliphatic rings. The number of nitrogens with one attached hydrogen (secondary N) is 8. The number of halogens is 4. The van der Waals surface area contributed by atoms with Gasteiger partial charge in [-0.25, -0.2) is 34.5 Å². The second kappa shape index (κ2) is 50.0. The van der Waals surface area contributed by atoms with Crippen LogP contribution in [0.2, 0.25) is 0 Å². The third-order valence-electron chi connectivity index (χ3n) is 21.2. The number of pyridine rings is 3. The highest BCUT2D eigenvalue weighted by Crippen LogP contribution is 2.61. The number of carboxylic acid groups (broad SMARTS) is 2. The van der Waals surface area contributed by atoms with E-state index in [2.05, 4.69) is 136 Å². The van der Waals surface area contributed by atoms with Crippen molar-refractivity contribution in [3.63, 3.8) is 0 Å². The molecule has 3 aliphatic heterocycles. The normalized spacial score (nSPS) is 20.0. The zero-order chi connectivity index (χ0) is 88.8. The van der Waals surface area contributed by atoms with Crippen molar-refractivity contribution < 1.29 is 67.6 Å². The number of ketones is 1. The van der Waals surface area contributed by atoms with E-state index < -0.39 is 53.2 Å². The van der Waals surface area contributed by atoms with Crippen molar-refractivity contribution in [1.82, 2.24) is 50.7 Å². The van der Waals surface area contributed by atoms with Crippen LogP contribution in [0.25, 0.3) is 11.1 Å². The van der Waals surface area contributed by atoms with Gasteiger partial charge in [0.15, 0.2) is 5.78 Å². The number of hydrogen-bond donors (Lipinski definition) is 11. The first-order valence-corrected chi connectivity index (χ1v) is 42.4. The number of amides is 7. The van der Waals surface area contributed by atoms with Gasteiger partial charge < -0.3 is 62.6 Å². The van der Waals surface area contributed by atoms with Crippen molar-refractivity contribution in [3.05, 3.63) is 159 Å². The van der Waals surface area contributed by atoms with Gasteiger partial charge in [0.05, 0.1) is 6.04 Å². The molecule has 4 aromatic heterocycles. The lowest BCUT2D eigenvalue weighted by Crippen LogP contribution is -2.47. The summed E-state index contributed by atoms with van der Waals surface area (Å²) in [5, 5.41) is 46.2. The summed E-state index contributed by atoms with van der Waals surface area (Å²) in [5.74, 6) is -0.590. The van der Waals surface area contributed by atoms with E-state index in [1.807, 2.05) is 84.0 Å². The van der Waals surface area contributed by atoms with Gasteiger partial charge in [-0.15, -0.1) is 38.7 Å². The molecule has 0 radical (unpaired) electrons. The van der Waals surface area contributed by atoms with Crippen LogP contribution < -0.4 is 43.0 Å². The summed E-state index contributed by atoms with van der Waals surface area (Å²) in [4.78, 5) is 146. The summed E-state index contributed by atoms with van der Waals surface area (Å²) in [6.45, 7) is 35.3. The van der Waals surface area contributed by atoms with Crippen molar-refractivity contribution >= 4 is 148 Å². The van der Waals surface area contributed by atoms with Crippen LogP contribution in [0.1, 0.15) is 215 Å². The Bertz CT molecular complexity index is 4640. The Morgan fingerprint density at radius 1 is 0.576 bits per heavy atom. The van der Waals surface area contributed by atoms with Gasteiger partial charge in [0.2, 0.25) is 29.5 Å². The van der Waals surface area contributed by atoms with E-state index >= 15 is 0 Å². The number of carbonyl (C=O) groups is 10. The molecule has 12 N–H and O–H groups in total. The third kappa shape index (κ3) is 32.6. The minimum atomic E-state index is -1.03. The molecule has 11 rings (SSSR count). The average Bonchev–Trinajstić information content (AvgIpc) is 1.55. The number of aromatic nitrogens is 5. The minimum Gasteiger partial charge on any atom is -0.481 e. The van der Waals surface area contributed by atoms with Crippen LogP contribution in [0.15, 0.2) is 125 Å². The maximum absolute atomic E-state index is 13.3. The van der Waals surface area contributed by atoms with Gasteiger partial charge in [-0.05, 0) is 265 Å². The van der Waals surface area contributed by atoms with E-state index in [0.717, 1.165) is 91.2 Å². The van der Waals surface area contributed by atoms with Crippen molar-refractivity contribution in [2.45, 2.75) is 262 Å². The number of Topliss-reactive ketones (excluding diaryl/α,β-unsaturated/α-hetero) is 1. The van der Waals surface area contributed by atoms with Crippen molar-refractivity contribution in [2.24, 2.45) is 22.0 Å². The van der Waals surface area contributed by atoms with E-state index in [0.29, 0.717) is 119 Å². The fraction of sp³-hybridized carbons (Fsp3) is 0.516. The van der Waals surface area contributed by atoms with E-state index in [-0.39, 0.29) is 125 Å². The molecule has 125 heavy (non-hydrogen) atoms. The van der Waals surface area contributed by atoms with Gasteiger partial charge in [0.25, 0.3) is 0 Å². The summed E-state index contributed by atoms with van der Waals surface area (Å²) < 4.78 is 13.1. The predicted octanol–water partition coefficient (Wildman–Crippen LogP) is 17.3. The van der Waals surface area contributed by atoms with Crippen LogP contribution in [0.3, 0.4) is 0 Å². The number of carbonyl (C=O) groups excluding carboxylic acids is 8. The zero-order valence-corrected chi connectivity index (χ0v) is 76.3. The smallest absolute Gasteiger partial charge is 0.411 e. The molecular weight excluding hydrogens is 1820 g/mol. The third-order valence-corrected chi connectivity index (χ3v) is 22.5. The first-order chi connectivity index (χ1) is 56.5. The Balaban J connectivity index is 0.000000542.